The molecule has 9 heteroatoms. The summed E-state index contributed by atoms with van der Waals surface area (Å²) < 4.78 is 60.9. The zero-order valence-electron chi connectivity index (χ0n) is 17.0. The number of hydrogen-bond donors (Lipinski definition) is 0. The molecule has 162 valence electrons. The summed E-state index contributed by atoms with van der Waals surface area (Å²) >= 11 is 0. The first-order valence-electron chi connectivity index (χ1n) is 10.2. The Morgan fingerprint density at radius 3 is 2.60 bits per heavy atom. The first-order valence-corrected chi connectivity index (χ1v) is 13.3. The molecule has 0 saturated carbocycles. The van der Waals surface area contributed by atoms with E-state index in [2.05, 4.69) is 0 Å². The third-order valence-corrected chi connectivity index (χ3v) is 9.20. The van der Waals surface area contributed by atoms with Crippen molar-refractivity contribution in [3.05, 3.63) is 48.0 Å². The highest BCUT2D eigenvalue weighted by Crippen LogP contribution is 2.37. The van der Waals surface area contributed by atoms with Gasteiger partial charge < -0.3 is 4.74 Å². The smallest absolute Gasteiger partial charge is 0.268 e. The Bertz CT molecular complexity index is 1150. The Morgan fingerprint density at radius 2 is 1.83 bits per heavy atom. The number of para-hydroxylation sites is 1. The van der Waals surface area contributed by atoms with E-state index in [4.69, 9.17) is 4.74 Å². The molecule has 2 aliphatic rings. The zero-order chi connectivity index (χ0) is 21.4. The van der Waals surface area contributed by atoms with Gasteiger partial charge in [0.15, 0.2) is 0 Å². The average molecular weight is 451 g/mol. The van der Waals surface area contributed by atoms with Crippen LogP contribution in [-0.4, -0.2) is 42.3 Å². The van der Waals surface area contributed by atoms with Gasteiger partial charge in [0.1, 0.15) is 10.6 Å². The van der Waals surface area contributed by atoms with E-state index in [-0.39, 0.29) is 16.4 Å². The largest absolute Gasteiger partial charge is 0.492 e. The van der Waals surface area contributed by atoms with Crippen molar-refractivity contribution < 1.29 is 21.6 Å². The fourth-order valence-corrected chi connectivity index (χ4v) is 7.40. The minimum absolute atomic E-state index is 0.000624. The summed E-state index contributed by atoms with van der Waals surface area (Å²) in [4.78, 5) is -0.000624. The van der Waals surface area contributed by atoms with Crippen LogP contribution >= 0.6 is 0 Å². The van der Waals surface area contributed by atoms with Gasteiger partial charge in [-0.1, -0.05) is 18.2 Å². The first kappa shape index (κ1) is 21.0. The Kier molecular flexibility index (Phi) is 5.67. The van der Waals surface area contributed by atoms with Crippen LogP contribution in [0.4, 0.5) is 11.4 Å². The van der Waals surface area contributed by atoms with Gasteiger partial charge in [0.25, 0.3) is 10.0 Å². The first-order chi connectivity index (χ1) is 14.3. The van der Waals surface area contributed by atoms with Gasteiger partial charge in [-0.15, -0.1) is 0 Å². The molecule has 0 radical (unpaired) electrons. The van der Waals surface area contributed by atoms with E-state index in [0.717, 1.165) is 24.8 Å². The van der Waals surface area contributed by atoms with Gasteiger partial charge in [0.05, 0.1) is 23.7 Å². The van der Waals surface area contributed by atoms with Crippen LogP contribution in [-0.2, 0) is 26.5 Å². The second kappa shape index (κ2) is 8.11. The van der Waals surface area contributed by atoms with E-state index in [1.165, 1.54) is 14.7 Å². The van der Waals surface area contributed by atoms with Crippen molar-refractivity contribution in [3.63, 3.8) is 0 Å². The van der Waals surface area contributed by atoms with Crippen molar-refractivity contribution in [2.75, 3.05) is 34.1 Å². The molecular weight excluding hydrogens is 424 g/mol. The monoisotopic (exact) mass is 450 g/mol. The van der Waals surface area contributed by atoms with E-state index in [9.17, 15) is 16.8 Å². The van der Waals surface area contributed by atoms with Crippen molar-refractivity contribution in [2.45, 2.75) is 37.5 Å². The van der Waals surface area contributed by atoms with Crippen LogP contribution in [0.1, 0.15) is 31.7 Å². The van der Waals surface area contributed by atoms with E-state index in [0.29, 0.717) is 37.5 Å². The molecular formula is C21H26N2O5S2. The molecule has 7 nitrogen and oxygen atoms in total. The fraction of sp³-hybridized carbons (Fsp3) is 0.429. The molecule has 2 aliphatic heterocycles. The summed E-state index contributed by atoms with van der Waals surface area (Å²) in [6, 6.07) is 12.1. The SMILES string of the molecule is CCOc1ccc(N2CCCCS2(=O)=O)cc1S(=O)(=O)N1CCCc2ccccc21. The number of sulfonamides is 2. The summed E-state index contributed by atoms with van der Waals surface area (Å²) in [5, 5.41) is 0. The van der Waals surface area contributed by atoms with E-state index in [1.807, 2.05) is 24.3 Å². The molecule has 2 aromatic rings. The van der Waals surface area contributed by atoms with Gasteiger partial charge in [-0.3, -0.25) is 8.61 Å². The molecule has 0 unspecified atom stereocenters. The number of hydrogen-bond acceptors (Lipinski definition) is 5. The van der Waals surface area contributed by atoms with Gasteiger partial charge in [0, 0.05) is 13.1 Å². The highest BCUT2D eigenvalue weighted by Gasteiger charge is 2.33. The van der Waals surface area contributed by atoms with Crippen LogP contribution in [0.5, 0.6) is 5.75 Å². The van der Waals surface area contributed by atoms with Crippen molar-refractivity contribution in [1.29, 1.82) is 0 Å². The fourth-order valence-electron chi connectivity index (χ4n) is 4.07. The van der Waals surface area contributed by atoms with E-state index in [1.54, 1.807) is 19.1 Å². The number of anilines is 2. The van der Waals surface area contributed by atoms with Crippen LogP contribution in [0.25, 0.3) is 0 Å². The molecule has 0 N–H and O–H groups in total. The predicted octanol–water partition coefficient (Wildman–Crippen LogP) is 3.16. The molecule has 0 bridgehead atoms. The number of fused-ring (bicyclic) bond motifs is 1. The zero-order valence-corrected chi connectivity index (χ0v) is 18.6. The van der Waals surface area contributed by atoms with Crippen LogP contribution in [0, 0.1) is 0 Å². The second-order valence-corrected chi connectivity index (χ2v) is 11.3. The molecule has 0 aliphatic carbocycles. The number of nitrogens with zero attached hydrogens (tertiary/aromatic N) is 2. The lowest BCUT2D eigenvalue weighted by Crippen LogP contribution is -2.38. The molecule has 30 heavy (non-hydrogen) atoms. The van der Waals surface area contributed by atoms with E-state index < -0.39 is 20.0 Å². The maximum absolute atomic E-state index is 13.7. The summed E-state index contributed by atoms with van der Waals surface area (Å²) in [6.45, 7) is 2.82. The number of rotatable bonds is 5. The molecule has 1 fully saturated rings. The minimum atomic E-state index is -3.94. The third kappa shape index (κ3) is 3.76. The molecule has 0 amide bonds. The summed E-state index contributed by atoms with van der Waals surface area (Å²) in [7, 11) is -7.39. The summed E-state index contributed by atoms with van der Waals surface area (Å²) in [5.74, 6) is 0.306. The van der Waals surface area contributed by atoms with Gasteiger partial charge >= 0.3 is 0 Å². The van der Waals surface area contributed by atoms with E-state index >= 15 is 0 Å². The molecule has 0 atom stereocenters. The van der Waals surface area contributed by atoms with Crippen LogP contribution in [0.2, 0.25) is 0 Å². The lowest BCUT2D eigenvalue weighted by Gasteiger charge is -2.32. The quantitative estimate of drug-likeness (QED) is 0.699. The normalized spacial score (nSPS) is 18.7. The highest BCUT2D eigenvalue weighted by atomic mass is 32.2. The van der Waals surface area contributed by atoms with Crippen molar-refractivity contribution in [1.82, 2.24) is 0 Å². The standard InChI is InChI=1S/C21H26N2O5S2/c1-2-28-20-12-11-18(22-13-5-6-15-29(22,24)25)16-21(20)30(26,27)23-14-7-9-17-8-3-4-10-19(17)23/h3-4,8,10-12,16H,2,5-7,9,13-15H2,1H3. The van der Waals surface area contributed by atoms with Gasteiger partial charge in [0.2, 0.25) is 10.0 Å². The van der Waals surface area contributed by atoms with Gasteiger partial charge in [-0.2, -0.15) is 0 Å². The van der Waals surface area contributed by atoms with Crippen molar-refractivity contribution >= 4 is 31.4 Å². The lowest BCUT2D eigenvalue weighted by atomic mass is 10.0. The maximum Gasteiger partial charge on any atom is 0.268 e. The number of aryl methyl sites for hydroxylation is 1. The lowest BCUT2D eigenvalue weighted by molar-refractivity contribution is 0.331. The maximum atomic E-state index is 13.7. The third-order valence-electron chi connectivity index (χ3n) is 5.50. The number of benzene rings is 2. The molecule has 2 heterocycles. The Labute approximate surface area is 178 Å². The number of ether oxygens (including phenoxy) is 1. The van der Waals surface area contributed by atoms with Crippen LogP contribution in [0.15, 0.2) is 47.4 Å². The topological polar surface area (TPSA) is 84.0 Å². The van der Waals surface area contributed by atoms with Crippen LogP contribution < -0.4 is 13.3 Å². The Balaban J connectivity index is 1.82. The molecule has 0 spiro atoms. The second-order valence-electron chi connectivity index (χ2n) is 7.47. The Morgan fingerprint density at radius 1 is 1.03 bits per heavy atom. The highest BCUT2D eigenvalue weighted by molar-refractivity contribution is 7.93. The van der Waals surface area contributed by atoms with Crippen molar-refractivity contribution in [2.24, 2.45) is 0 Å². The van der Waals surface area contributed by atoms with Crippen LogP contribution in [0.3, 0.4) is 0 Å². The van der Waals surface area contributed by atoms with Gasteiger partial charge in [-0.25, -0.2) is 16.8 Å². The molecule has 0 aromatic heterocycles. The Hall–Kier alpha value is -2.26. The molecule has 1 saturated heterocycles. The summed E-state index contributed by atoms with van der Waals surface area (Å²) in [6.07, 6.45) is 2.91. The van der Waals surface area contributed by atoms with Crippen molar-refractivity contribution in [3.8, 4) is 5.75 Å². The van der Waals surface area contributed by atoms with Gasteiger partial charge in [-0.05, 0) is 62.4 Å². The summed E-state index contributed by atoms with van der Waals surface area (Å²) in [5.41, 5.74) is 2.02. The minimum Gasteiger partial charge on any atom is -0.492 e. The predicted molar refractivity (Wildman–Crippen MR) is 117 cm³/mol. The molecule has 2 aromatic carbocycles. The average Bonchev–Trinajstić information content (AvgIpc) is 2.73. The molecule has 4 rings (SSSR count).